The van der Waals surface area contributed by atoms with Crippen molar-refractivity contribution in [3.8, 4) is 0 Å². The number of hydrogen-bond acceptors (Lipinski definition) is 11. The van der Waals surface area contributed by atoms with Gasteiger partial charge in [0, 0.05) is 49.6 Å². The maximum Gasteiger partial charge on any atom is 0.280 e. The molecule has 3 aliphatic rings. The first-order chi connectivity index (χ1) is 19.6. The van der Waals surface area contributed by atoms with Gasteiger partial charge < -0.3 is 26.6 Å². The van der Waals surface area contributed by atoms with Crippen molar-refractivity contribution in [3.63, 3.8) is 0 Å². The number of nitrogen functional groups attached to an aromatic ring is 2. The Morgan fingerprint density at radius 2 is 1.80 bits per heavy atom. The molecule has 1 aromatic heterocycles. The van der Waals surface area contributed by atoms with Gasteiger partial charge in [-0.3, -0.25) is 29.4 Å². The first-order valence-electron chi connectivity index (χ1n) is 13.4. The largest absolute Gasteiger partial charge is 0.382 e. The number of nitrogens with one attached hydrogen (secondary N) is 3. The Balaban J connectivity index is 1.10. The summed E-state index contributed by atoms with van der Waals surface area (Å²) in [5.41, 5.74) is 11.5. The fraction of sp³-hybridized carbons (Fsp3) is 0.462. The Bertz CT molecular complexity index is 1370. The van der Waals surface area contributed by atoms with E-state index in [9.17, 15) is 14.4 Å². The van der Waals surface area contributed by atoms with Gasteiger partial charge >= 0.3 is 0 Å². The van der Waals surface area contributed by atoms with Gasteiger partial charge in [0.05, 0.1) is 12.1 Å². The standard InChI is InChI=1S/C26H33ClN10O3S/c1-15(38)36-9-5-17(6-10-36)35-41-18-4-2-3-16(13-18)24(40)37-11-7-26(8-12-37)14-30-25(34-26)33-23(39)19-21(28)32-22(29)20(27)31-19/h2-4,13,17,35H,5-12,14H2,1H3,(H4,28,29,32)(H2,30,33,34,39). The zero-order valence-corrected chi connectivity index (χ0v) is 24.2. The highest BCUT2D eigenvalue weighted by atomic mass is 35.5. The summed E-state index contributed by atoms with van der Waals surface area (Å²) in [7, 11) is 0. The van der Waals surface area contributed by atoms with Crippen molar-refractivity contribution < 1.29 is 14.4 Å². The Kier molecular flexibility index (Phi) is 8.52. The van der Waals surface area contributed by atoms with E-state index in [-0.39, 0.29) is 39.8 Å². The van der Waals surface area contributed by atoms with Gasteiger partial charge in [0.2, 0.25) is 5.91 Å². The fourth-order valence-corrected chi connectivity index (χ4v) is 6.16. The molecule has 218 valence electrons. The molecule has 0 radical (unpaired) electrons. The van der Waals surface area contributed by atoms with E-state index in [2.05, 4.69) is 30.3 Å². The lowest BCUT2D eigenvalue weighted by atomic mass is 9.88. The number of carbonyl (C=O) groups is 3. The van der Waals surface area contributed by atoms with Crippen LogP contribution in [0.4, 0.5) is 11.6 Å². The van der Waals surface area contributed by atoms with Crippen LogP contribution in [0.3, 0.4) is 0 Å². The average Bonchev–Trinajstić information content (AvgIpc) is 3.35. The Morgan fingerprint density at radius 1 is 1.07 bits per heavy atom. The quantitative estimate of drug-likeness (QED) is 0.313. The van der Waals surface area contributed by atoms with Crippen molar-refractivity contribution in [3.05, 3.63) is 40.7 Å². The lowest BCUT2D eigenvalue weighted by Gasteiger charge is -2.39. The molecule has 7 N–H and O–H groups in total. The van der Waals surface area contributed by atoms with E-state index in [1.54, 1.807) is 6.92 Å². The van der Waals surface area contributed by atoms with Crippen LogP contribution in [0.25, 0.3) is 0 Å². The average molecular weight is 601 g/mol. The van der Waals surface area contributed by atoms with Gasteiger partial charge in [0.1, 0.15) is 0 Å². The number of likely N-dealkylation sites (tertiary alicyclic amines) is 2. The SMILES string of the molecule is CC(=O)N1CCC(NSc2cccc(C(=O)N3CCC4(CC3)CN=C(NC(=O)c3nc(Cl)c(N)nc3N)N4)c2)CC1. The zero-order valence-electron chi connectivity index (χ0n) is 22.7. The van der Waals surface area contributed by atoms with Crippen LogP contribution in [-0.2, 0) is 4.79 Å². The molecule has 0 bridgehead atoms. The van der Waals surface area contributed by atoms with E-state index in [4.69, 9.17) is 23.1 Å². The molecule has 13 nitrogen and oxygen atoms in total. The van der Waals surface area contributed by atoms with Gasteiger partial charge in [0.25, 0.3) is 11.8 Å². The lowest BCUT2D eigenvalue weighted by molar-refractivity contribution is -0.129. The third-order valence-electron chi connectivity index (χ3n) is 7.65. The highest BCUT2D eigenvalue weighted by Gasteiger charge is 2.40. The zero-order chi connectivity index (χ0) is 29.1. The topological polar surface area (TPSA) is 184 Å². The molecule has 2 saturated heterocycles. The molecule has 2 aromatic rings. The first-order valence-corrected chi connectivity index (χ1v) is 14.6. The molecule has 1 spiro atoms. The van der Waals surface area contributed by atoms with Crippen LogP contribution in [0.2, 0.25) is 5.15 Å². The number of hydrogen-bond donors (Lipinski definition) is 5. The number of nitrogens with two attached hydrogens (primary N) is 2. The van der Waals surface area contributed by atoms with Crippen molar-refractivity contribution in [2.75, 3.05) is 44.2 Å². The van der Waals surface area contributed by atoms with Crippen LogP contribution in [0, 0.1) is 0 Å². The molecule has 41 heavy (non-hydrogen) atoms. The van der Waals surface area contributed by atoms with Gasteiger partial charge in [-0.1, -0.05) is 17.7 Å². The van der Waals surface area contributed by atoms with Crippen LogP contribution in [0.15, 0.2) is 34.2 Å². The molecule has 0 unspecified atom stereocenters. The number of aromatic nitrogens is 2. The second-order valence-corrected chi connectivity index (χ2v) is 11.7. The number of amides is 3. The molecular weight excluding hydrogens is 568 g/mol. The Labute approximate surface area is 247 Å². The highest BCUT2D eigenvalue weighted by molar-refractivity contribution is 7.97. The van der Waals surface area contributed by atoms with Gasteiger partial charge in [-0.05, 0) is 55.8 Å². The van der Waals surface area contributed by atoms with E-state index in [1.807, 2.05) is 34.1 Å². The molecule has 5 rings (SSSR count). The van der Waals surface area contributed by atoms with E-state index in [0.29, 0.717) is 50.0 Å². The van der Waals surface area contributed by atoms with Crippen LogP contribution < -0.4 is 26.8 Å². The number of halogens is 1. The number of piperidine rings is 2. The molecule has 15 heteroatoms. The third kappa shape index (κ3) is 6.66. The van der Waals surface area contributed by atoms with Crippen molar-refractivity contribution in [2.24, 2.45) is 4.99 Å². The molecule has 2 fully saturated rings. The van der Waals surface area contributed by atoms with Crippen LogP contribution in [0.1, 0.15) is 53.5 Å². The van der Waals surface area contributed by atoms with Gasteiger partial charge in [0.15, 0.2) is 28.4 Å². The molecule has 0 saturated carbocycles. The summed E-state index contributed by atoms with van der Waals surface area (Å²) in [5.74, 6) is -0.358. The van der Waals surface area contributed by atoms with Crippen molar-refractivity contribution >= 4 is 58.9 Å². The number of rotatable bonds is 5. The predicted molar refractivity (Wildman–Crippen MR) is 157 cm³/mol. The maximum absolute atomic E-state index is 13.3. The fourth-order valence-electron chi connectivity index (χ4n) is 5.17. The van der Waals surface area contributed by atoms with E-state index in [0.717, 1.165) is 30.8 Å². The summed E-state index contributed by atoms with van der Waals surface area (Å²) < 4.78 is 3.49. The van der Waals surface area contributed by atoms with Crippen LogP contribution in [0.5, 0.6) is 0 Å². The maximum atomic E-state index is 13.3. The Hall–Kier alpha value is -3.62. The number of guanidine groups is 1. The summed E-state index contributed by atoms with van der Waals surface area (Å²) in [6.07, 6.45) is 3.15. The van der Waals surface area contributed by atoms with Gasteiger partial charge in [-0.2, -0.15) is 0 Å². The van der Waals surface area contributed by atoms with Crippen molar-refractivity contribution in [1.29, 1.82) is 0 Å². The van der Waals surface area contributed by atoms with Crippen LogP contribution in [-0.4, -0.2) is 87.8 Å². The van der Waals surface area contributed by atoms with Crippen LogP contribution >= 0.6 is 23.5 Å². The molecule has 0 aliphatic carbocycles. The summed E-state index contributed by atoms with van der Waals surface area (Å²) in [4.78, 5) is 54.4. The minimum absolute atomic E-state index is 0.0150. The number of nitrogens with zero attached hydrogens (tertiary/aromatic N) is 5. The summed E-state index contributed by atoms with van der Waals surface area (Å²) in [5, 5.41) is 5.89. The normalized spacial score (nSPS) is 18.6. The minimum Gasteiger partial charge on any atom is -0.382 e. The number of benzene rings is 1. The molecule has 1 aromatic carbocycles. The second kappa shape index (κ2) is 12.1. The smallest absolute Gasteiger partial charge is 0.280 e. The minimum atomic E-state index is -0.596. The molecule has 4 heterocycles. The molecule has 0 atom stereocenters. The van der Waals surface area contributed by atoms with Crippen molar-refractivity contribution in [2.45, 2.75) is 49.1 Å². The van der Waals surface area contributed by atoms with E-state index >= 15 is 0 Å². The predicted octanol–water partition coefficient (Wildman–Crippen LogP) is 1.27. The summed E-state index contributed by atoms with van der Waals surface area (Å²) in [6.45, 7) is 4.71. The van der Waals surface area contributed by atoms with E-state index < -0.39 is 5.91 Å². The number of anilines is 2. The number of aliphatic imine (C=N–C) groups is 1. The van der Waals surface area contributed by atoms with E-state index in [1.165, 1.54) is 11.9 Å². The molecule has 3 aliphatic heterocycles. The molecule has 3 amide bonds. The first kappa shape index (κ1) is 28.9. The lowest BCUT2D eigenvalue weighted by Crippen LogP contribution is -2.57. The Morgan fingerprint density at radius 3 is 2.51 bits per heavy atom. The summed E-state index contributed by atoms with van der Waals surface area (Å²) >= 11 is 7.41. The number of carbonyl (C=O) groups excluding carboxylic acids is 3. The summed E-state index contributed by atoms with van der Waals surface area (Å²) in [6, 6.07) is 7.95. The van der Waals surface area contributed by atoms with Crippen molar-refractivity contribution in [1.82, 2.24) is 35.1 Å². The third-order valence-corrected chi connectivity index (χ3v) is 8.87. The monoisotopic (exact) mass is 600 g/mol. The van der Waals surface area contributed by atoms with Gasteiger partial charge in [-0.15, -0.1) is 0 Å². The van der Waals surface area contributed by atoms with Gasteiger partial charge in [-0.25, -0.2) is 9.97 Å². The molecular formula is C26H33ClN10O3S. The second-order valence-electron chi connectivity index (χ2n) is 10.5. The highest BCUT2D eigenvalue weighted by Crippen LogP contribution is 2.28.